The number of hydrogen-bond acceptors (Lipinski definition) is 5. The Hall–Kier alpha value is -0.520. The molecule has 1 aromatic heterocycles. The highest BCUT2D eigenvalue weighted by atomic mass is 32.1. The molecular formula is C10H17N3OS. The Bertz CT molecular complexity index is 272. The summed E-state index contributed by atoms with van der Waals surface area (Å²) < 4.78 is 3.86. The van der Waals surface area contributed by atoms with E-state index in [0.29, 0.717) is 6.04 Å². The molecule has 1 N–H and O–H groups in total. The minimum Gasteiger partial charge on any atom is -0.395 e. The number of rotatable bonds is 5. The second-order valence-corrected chi connectivity index (χ2v) is 4.64. The quantitative estimate of drug-likeness (QED) is 0.823. The fourth-order valence-corrected chi connectivity index (χ4v) is 2.69. The van der Waals surface area contributed by atoms with Gasteiger partial charge in [0.25, 0.3) is 0 Å². The molecule has 15 heavy (non-hydrogen) atoms. The summed E-state index contributed by atoms with van der Waals surface area (Å²) in [6.07, 6.45) is 5.17. The molecule has 2 rings (SSSR count). The summed E-state index contributed by atoms with van der Waals surface area (Å²) in [7, 11) is 0. The first-order valence-electron chi connectivity index (χ1n) is 5.51. The first-order valence-corrected chi connectivity index (χ1v) is 6.34. The van der Waals surface area contributed by atoms with Gasteiger partial charge in [-0.25, -0.2) is 0 Å². The highest BCUT2D eigenvalue weighted by Gasteiger charge is 2.22. The Morgan fingerprint density at radius 1 is 1.47 bits per heavy atom. The van der Waals surface area contributed by atoms with Gasteiger partial charge in [0, 0.05) is 24.5 Å². The van der Waals surface area contributed by atoms with Crippen molar-refractivity contribution in [1.82, 2.24) is 14.5 Å². The molecule has 1 heterocycles. The van der Waals surface area contributed by atoms with Crippen LogP contribution in [0.2, 0.25) is 0 Å². The van der Waals surface area contributed by atoms with Crippen LogP contribution in [0.5, 0.6) is 0 Å². The van der Waals surface area contributed by atoms with Crippen LogP contribution in [0.3, 0.4) is 0 Å². The minimum absolute atomic E-state index is 0.230. The first-order chi connectivity index (χ1) is 7.40. The Kier molecular flexibility index (Phi) is 4.05. The molecule has 0 amide bonds. The summed E-state index contributed by atoms with van der Waals surface area (Å²) in [6, 6.07) is 0.638. The molecule has 0 aromatic carbocycles. The highest BCUT2D eigenvalue weighted by Crippen LogP contribution is 2.24. The van der Waals surface area contributed by atoms with Gasteiger partial charge in [0.1, 0.15) is 0 Å². The number of hydrogen-bond donors (Lipinski definition) is 1. The van der Waals surface area contributed by atoms with E-state index in [1.54, 1.807) is 0 Å². The maximum absolute atomic E-state index is 9.05. The highest BCUT2D eigenvalue weighted by molar-refractivity contribution is 7.03. The van der Waals surface area contributed by atoms with Gasteiger partial charge >= 0.3 is 0 Å². The summed E-state index contributed by atoms with van der Waals surface area (Å²) in [6.45, 7) is 1.82. The van der Waals surface area contributed by atoms with Crippen molar-refractivity contribution in [2.75, 3.05) is 13.2 Å². The van der Waals surface area contributed by atoms with Crippen LogP contribution < -0.4 is 0 Å². The third-order valence-electron chi connectivity index (χ3n) is 3.00. The number of nitrogens with zero attached hydrogens (tertiary/aromatic N) is 3. The molecule has 0 unspecified atom stereocenters. The molecule has 1 saturated carbocycles. The van der Waals surface area contributed by atoms with E-state index >= 15 is 0 Å². The normalized spacial score (nSPS) is 17.7. The van der Waals surface area contributed by atoms with Crippen LogP contribution in [0.15, 0.2) is 5.38 Å². The van der Waals surface area contributed by atoms with Crippen molar-refractivity contribution in [1.29, 1.82) is 0 Å². The maximum Gasteiger partial charge on any atom is 0.0895 e. The molecule has 1 aromatic rings. The zero-order valence-corrected chi connectivity index (χ0v) is 9.62. The molecule has 0 aliphatic heterocycles. The Balaban J connectivity index is 1.93. The van der Waals surface area contributed by atoms with Gasteiger partial charge in [-0.3, -0.25) is 4.90 Å². The molecule has 5 heteroatoms. The van der Waals surface area contributed by atoms with Gasteiger partial charge in [-0.1, -0.05) is 17.3 Å². The second-order valence-electron chi connectivity index (χ2n) is 4.03. The van der Waals surface area contributed by atoms with E-state index in [0.717, 1.165) is 18.8 Å². The van der Waals surface area contributed by atoms with Crippen molar-refractivity contribution in [3.05, 3.63) is 11.1 Å². The molecule has 0 saturated heterocycles. The lowest BCUT2D eigenvalue weighted by Gasteiger charge is -2.26. The van der Waals surface area contributed by atoms with Crippen LogP contribution in [0, 0.1) is 0 Å². The van der Waals surface area contributed by atoms with E-state index in [-0.39, 0.29) is 6.61 Å². The zero-order valence-electron chi connectivity index (χ0n) is 8.80. The van der Waals surface area contributed by atoms with Crippen LogP contribution in [0.1, 0.15) is 31.4 Å². The Morgan fingerprint density at radius 3 is 2.87 bits per heavy atom. The smallest absolute Gasteiger partial charge is 0.0895 e. The molecule has 0 bridgehead atoms. The van der Waals surface area contributed by atoms with Gasteiger partial charge in [-0.2, -0.15) is 0 Å². The lowest BCUT2D eigenvalue weighted by Crippen LogP contribution is -2.35. The van der Waals surface area contributed by atoms with Crippen molar-refractivity contribution in [3.8, 4) is 0 Å². The summed E-state index contributed by atoms with van der Waals surface area (Å²) in [5.41, 5.74) is 1.03. The summed E-state index contributed by atoms with van der Waals surface area (Å²) >= 11 is 1.39. The van der Waals surface area contributed by atoms with Crippen LogP contribution in [-0.2, 0) is 6.54 Å². The van der Waals surface area contributed by atoms with Gasteiger partial charge in [0.15, 0.2) is 0 Å². The van der Waals surface area contributed by atoms with E-state index in [1.165, 1.54) is 37.2 Å². The predicted octanol–water partition coefficient (Wildman–Crippen LogP) is 1.27. The Labute approximate surface area is 94.1 Å². The fraction of sp³-hybridized carbons (Fsp3) is 0.800. The lowest BCUT2D eigenvalue weighted by molar-refractivity contribution is 0.143. The van der Waals surface area contributed by atoms with Crippen LogP contribution in [0.4, 0.5) is 0 Å². The van der Waals surface area contributed by atoms with Crippen molar-refractivity contribution in [2.45, 2.75) is 38.3 Å². The maximum atomic E-state index is 9.05. The third kappa shape index (κ3) is 2.96. The van der Waals surface area contributed by atoms with Crippen molar-refractivity contribution in [3.63, 3.8) is 0 Å². The fourth-order valence-electron chi connectivity index (χ4n) is 2.25. The van der Waals surface area contributed by atoms with Crippen molar-refractivity contribution < 1.29 is 5.11 Å². The van der Waals surface area contributed by atoms with Gasteiger partial charge in [0.05, 0.1) is 12.3 Å². The Morgan fingerprint density at radius 2 is 2.27 bits per heavy atom. The zero-order chi connectivity index (χ0) is 10.5. The molecule has 4 nitrogen and oxygen atoms in total. The van der Waals surface area contributed by atoms with Gasteiger partial charge in [-0.05, 0) is 24.4 Å². The van der Waals surface area contributed by atoms with E-state index in [2.05, 4.69) is 14.5 Å². The van der Waals surface area contributed by atoms with Crippen LogP contribution in [-0.4, -0.2) is 38.8 Å². The number of aliphatic hydroxyl groups is 1. The number of aliphatic hydroxyl groups excluding tert-OH is 1. The van der Waals surface area contributed by atoms with E-state index in [1.807, 2.05) is 5.38 Å². The van der Waals surface area contributed by atoms with E-state index < -0.39 is 0 Å². The molecule has 1 aliphatic carbocycles. The number of aromatic nitrogens is 2. The van der Waals surface area contributed by atoms with E-state index in [4.69, 9.17) is 5.11 Å². The lowest BCUT2D eigenvalue weighted by atomic mass is 10.2. The van der Waals surface area contributed by atoms with Crippen LogP contribution >= 0.6 is 11.5 Å². The molecule has 0 spiro atoms. The summed E-state index contributed by atoms with van der Waals surface area (Å²) in [5, 5.41) is 15.1. The second kappa shape index (κ2) is 5.53. The average Bonchev–Trinajstić information content (AvgIpc) is 2.89. The first kappa shape index (κ1) is 11.0. The minimum atomic E-state index is 0.230. The molecule has 0 atom stereocenters. The van der Waals surface area contributed by atoms with Crippen LogP contribution in [0.25, 0.3) is 0 Å². The van der Waals surface area contributed by atoms with Gasteiger partial charge < -0.3 is 5.11 Å². The molecule has 1 aliphatic rings. The molecule has 0 radical (unpaired) electrons. The molecule has 84 valence electrons. The standard InChI is InChI=1S/C10H17N3OS/c14-6-5-13(10-3-1-2-4-10)7-9-8-15-12-11-9/h8,10,14H,1-7H2. The summed E-state index contributed by atoms with van der Waals surface area (Å²) in [5.74, 6) is 0. The third-order valence-corrected chi connectivity index (χ3v) is 3.55. The van der Waals surface area contributed by atoms with Gasteiger partial charge in [0.2, 0.25) is 0 Å². The van der Waals surface area contributed by atoms with Crippen molar-refractivity contribution in [2.24, 2.45) is 0 Å². The monoisotopic (exact) mass is 227 g/mol. The average molecular weight is 227 g/mol. The largest absolute Gasteiger partial charge is 0.395 e. The molecule has 1 fully saturated rings. The van der Waals surface area contributed by atoms with Gasteiger partial charge in [-0.15, -0.1) is 5.10 Å². The predicted molar refractivity (Wildman–Crippen MR) is 59.7 cm³/mol. The topological polar surface area (TPSA) is 49.2 Å². The van der Waals surface area contributed by atoms with E-state index in [9.17, 15) is 0 Å². The summed E-state index contributed by atoms with van der Waals surface area (Å²) in [4.78, 5) is 2.34. The van der Waals surface area contributed by atoms with Crippen molar-refractivity contribution >= 4 is 11.5 Å². The molecular weight excluding hydrogens is 210 g/mol. The SMILES string of the molecule is OCCN(Cc1csnn1)C1CCCC1.